The van der Waals surface area contributed by atoms with Crippen molar-refractivity contribution in [1.82, 2.24) is 5.43 Å². The Hall–Kier alpha value is -3.22. The topological polar surface area (TPSA) is 93.8 Å². The van der Waals surface area contributed by atoms with Crippen molar-refractivity contribution in [2.75, 3.05) is 7.11 Å². The fourth-order valence-corrected chi connectivity index (χ4v) is 1.75. The zero-order chi connectivity index (χ0) is 15.9. The van der Waals surface area contributed by atoms with Gasteiger partial charge < -0.3 is 4.74 Å². The molecule has 7 nitrogen and oxygen atoms in total. The number of nitrogens with one attached hydrogen (secondary N) is 1. The highest BCUT2D eigenvalue weighted by Crippen LogP contribution is 2.15. The Bertz CT molecular complexity index is 728. The van der Waals surface area contributed by atoms with Gasteiger partial charge in [-0.1, -0.05) is 18.2 Å². The first-order valence-corrected chi connectivity index (χ1v) is 6.32. The molecular weight excluding hydrogens is 286 g/mol. The summed E-state index contributed by atoms with van der Waals surface area (Å²) in [6.07, 6.45) is 1.23. The molecule has 1 N–H and O–H groups in total. The smallest absolute Gasteiger partial charge is 0.278 e. The molecule has 0 unspecified atom stereocenters. The summed E-state index contributed by atoms with van der Waals surface area (Å²) in [5, 5.41) is 14.6. The number of para-hydroxylation sites is 1. The third-order valence-corrected chi connectivity index (χ3v) is 2.84. The third-order valence-electron chi connectivity index (χ3n) is 2.84. The van der Waals surface area contributed by atoms with Gasteiger partial charge in [-0.3, -0.25) is 14.9 Å². The van der Waals surface area contributed by atoms with E-state index in [1.807, 2.05) is 0 Å². The second-order valence-electron chi connectivity index (χ2n) is 4.25. The standard InChI is InChI=1S/C15H13N3O4/c1-22-13-7-4-6-11(9-13)15(19)17-16-10-12-5-2-3-8-14(12)18(20)21/h2-10H,1H3,(H,17,19). The second-order valence-corrected chi connectivity index (χ2v) is 4.25. The highest BCUT2D eigenvalue weighted by Gasteiger charge is 2.10. The van der Waals surface area contributed by atoms with Gasteiger partial charge in [0, 0.05) is 11.6 Å². The Kier molecular flexibility index (Phi) is 4.81. The van der Waals surface area contributed by atoms with E-state index in [0.717, 1.165) is 0 Å². The summed E-state index contributed by atoms with van der Waals surface area (Å²) < 4.78 is 5.03. The minimum absolute atomic E-state index is 0.0816. The van der Waals surface area contributed by atoms with Crippen LogP contribution in [-0.2, 0) is 0 Å². The van der Waals surface area contributed by atoms with E-state index < -0.39 is 10.8 Å². The normalized spacial score (nSPS) is 10.4. The lowest BCUT2D eigenvalue weighted by Gasteiger charge is -2.03. The lowest BCUT2D eigenvalue weighted by molar-refractivity contribution is -0.385. The SMILES string of the molecule is COc1cccc(C(=O)NN=Cc2ccccc2[N+](=O)[O-])c1. The number of hydrogen-bond donors (Lipinski definition) is 1. The van der Waals surface area contributed by atoms with Gasteiger partial charge in [0.05, 0.1) is 23.8 Å². The van der Waals surface area contributed by atoms with Crippen LogP contribution in [0.2, 0.25) is 0 Å². The first-order valence-electron chi connectivity index (χ1n) is 6.32. The third kappa shape index (κ3) is 3.66. The molecule has 0 aliphatic heterocycles. The summed E-state index contributed by atoms with van der Waals surface area (Å²) >= 11 is 0. The Morgan fingerprint density at radius 2 is 2.05 bits per heavy atom. The van der Waals surface area contributed by atoms with Crippen molar-refractivity contribution in [3.8, 4) is 5.75 Å². The van der Waals surface area contributed by atoms with Crippen LogP contribution in [0.25, 0.3) is 0 Å². The molecule has 0 heterocycles. The molecule has 0 aromatic heterocycles. The Morgan fingerprint density at radius 3 is 2.77 bits per heavy atom. The van der Waals surface area contributed by atoms with Crippen molar-refractivity contribution in [1.29, 1.82) is 0 Å². The van der Waals surface area contributed by atoms with Crippen molar-refractivity contribution >= 4 is 17.8 Å². The van der Waals surface area contributed by atoms with Crippen LogP contribution in [0, 0.1) is 10.1 Å². The van der Waals surface area contributed by atoms with Gasteiger partial charge in [0.15, 0.2) is 0 Å². The number of hydrazone groups is 1. The van der Waals surface area contributed by atoms with E-state index in [1.54, 1.807) is 42.5 Å². The predicted molar refractivity (Wildman–Crippen MR) is 81.2 cm³/mol. The van der Waals surface area contributed by atoms with E-state index in [1.165, 1.54) is 19.4 Å². The fraction of sp³-hybridized carbons (Fsp3) is 0.0667. The minimum atomic E-state index is -0.509. The van der Waals surface area contributed by atoms with Gasteiger partial charge in [-0.25, -0.2) is 5.43 Å². The molecule has 7 heteroatoms. The summed E-state index contributed by atoms with van der Waals surface area (Å²) in [6.45, 7) is 0. The van der Waals surface area contributed by atoms with Crippen molar-refractivity contribution in [2.24, 2.45) is 5.10 Å². The number of nitro groups is 1. The molecule has 0 fully saturated rings. The molecule has 0 saturated carbocycles. The molecule has 22 heavy (non-hydrogen) atoms. The van der Waals surface area contributed by atoms with Gasteiger partial charge in [0.2, 0.25) is 0 Å². The summed E-state index contributed by atoms with van der Waals surface area (Å²) in [5.74, 6) is 0.115. The number of methoxy groups -OCH3 is 1. The second kappa shape index (κ2) is 6.98. The van der Waals surface area contributed by atoms with E-state index >= 15 is 0 Å². The van der Waals surface area contributed by atoms with Crippen LogP contribution < -0.4 is 10.2 Å². The summed E-state index contributed by atoms with van der Waals surface area (Å²) in [7, 11) is 1.50. The van der Waals surface area contributed by atoms with E-state index in [2.05, 4.69) is 10.5 Å². The van der Waals surface area contributed by atoms with Crippen molar-refractivity contribution in [3.05, 3.63) is 69.8 Å². The van der Waals surface area contributed by atoms with E-state index in [-0.39, 0.29) is 5.69 Å². The molecule has 0 aliphatic carbocycles. The van der Waals surface area contributed by atoms with Gasteiger partial charge in [-0.2, -0.15) is 5.10 Å². The largest absolute Gasteiger partial charge is 0.497 e. The Morgan fingerprint density at radius 1 is 1.27 bits per heavy atom. The quantitative estimate of drug-likeness (QED) is 0.521. The minimum Gasteiger partial charge on any atom is -0.497 e. The van der Waals surface area contributed by atoms with Crippen molar-refractivity contribution in [2.45, 2.75) is 0 Å². The van der Waals surface area contributed by atoms with Gasteiger partial charge in [-0.05, 0) is 24.3 Å². The number of ether oxygens (including phenoxy) is 1. The average molecular weight is 299 g/mol. The molecule has 0 aliphatic rings. The maximum Gasteiger partial charge on any atom is 0.278 e. The highest BCUT2D eigenvalue weighted by atomic mass is 16.6. The molecule has 0 saturated heterocycles. The maximum atomic E-state index is 11.9. The molecule has 0 radical (unpaired) electrons. The van der Waals surface area contributed by atoms with E-state index in [0.29, 0.717) is 16.9 Å². The monoisotopic (exact) mass is 299 g/mol. The highest BCUT2D eigenvalue weighted by molar-refractivity contribution is 5.95. The van der Waals surface area contributed by atoms with Crippen LogP contribution in [0.5, 0.6) is 5.75 Å². The number of carbonyl (C=O) groups excluding carboxylic acids is 1. The molecular formula is C15H13N3O4. The number of carbonyl (C=O) groups is 1. The van der Waals surface area contributed by atoms with Gasteiger partial charge in [0.25, 0.3) is 11.6 Å². The fourth-order valence-electron chi connectivity index (χ4n) is 1.75. The van der Waals surface area contributed by atoms with Gasteiger partial charge in [0.1, 0.15) is 5.75 Å². The molecule has 0 bridgehead atoms. The summed E-state index contributed by atoms with van der Waals surface area (Å²) in [4.78, 5) is 22.3. The van der Waals surface area contributed by atoms with Crippen LogP contribution in [-0.4, -0.2) is 24.2 Å². The number of nitro benzene ring substituents is 1. The van der Waals surface area contributed by atoms with Gasteiger partial charge >= 0.3 is 0 Å². The Balaban J connectivity index is 2.09. The number of benzene rings is 2. The number of nitrogens with zero attached hydrogens (tertiary/aromatic N) is 2. The zero-order valence-electron chi connectivity index (χ0n) is 11.7. The lowest BCUT2D eigenvalue weighted by atomic mass is 10.2. The van der Waals surface area contributed by atoms with Crippen LogP contribution in [0.15, 0.2) is 53.6 Å². The van der Waals surface area contributed by atoms with Crippen molar-refractivity contribution < 1.29 is 14.5 Å². The first kappa shape index (κ1) is 15.2. The predicted octanol–water partition coefficient (Wildman–Crippen LogP) is 2.37. The molecule has 2 rings (SSSR count). The zero-order valence-corrected chi connectivity index (χ0v) is 11.7. The van der Waals surface area contributed by atoms with E-state index in [9.17, 15) is 14.9 Å². The number of amides is 1. The van der Waals surface area contributed by atoms with Gasteiger partial charge in [-0.15, -0.1) is 0 Å². The summed E-state index contributed by atoms with van der Waals surface area (Å²) in [6, 6.07) is 12.7. The molecule has 2 aromatic rings. The molecule has 0 spiro atoms. The molecule has 1 amide bonds. The molecule has 0 atom stereocenters. The number of hydrogen-bond acceptors (Lipinski definition) is 5. The average Bonchev–Trinajstić information content (AvgIpc) is 2.55. The maximum absolute atomic E-state index is 11.9. The summed E-state index contributed by atoms with van der Waals surface area (Å²) in [5.41, 5.74) is 2.91. The van der Waals surface area contributed by atoms with E-state index in [4.69, 9.17) is 4.74 Å². The van der Waals surface area contributed by atoms with Crippen LogP contribution >= 0.6 is 0 Å². The van der Waals surface area contributed by atoms with Crippen LogP contribution in [0.1, 0.15) is 15.9 Å². The van der Waals surface area contributed by atoms with Crippen molar-refractivity contribution in [3.63, 3.8) is 0 Å². The lowest BCUT2D eigenvalue weighted by Crippen LogP contribution is -2.17. The molecule has 112 valence electrons. The Labute approximate surface area is 126 Å². The first-order chi connectivity index (χ1) is 10.6. The van der Waals surface area contributed by atoms with Crippen LogP contribution in [0.4, 0.5) is 5.69 Å². The molecule has 2 aromatic carbocycles. The number of rotatable bonds is 5. The van der Waals surface area contributed by atoms with Crippen LogP contribution in [0.3, 0.4) is 0 Å².